The van der Waals surface area contributed by atoms with Crippen LogP contribution in [0.5, 0.6) is 0 Å². The molecular weight excluding hydrogens is 190 g/mol. The Bertz CT molecular complexity index is 285. The zero-order valence-corrected chi connectivity index (χ0v) is 9.53. The summed E-state index contributed by atoms with van der Waals surface area (Å²) in [5.74, 6) is 0.232. The van der Waals surface area contributed by atoms with E-state index < -0.39 is 0 Å². The predicted molar refractivity (Wildman–Crippen MR) is 58.5 cm³/mol. The highest BCUT2D eigenvalue weighted by atomic mass is 16.5. The maximum absolute atomic E-state index is 12.2. The lowest BCUT2D eigenvalue weighted by atomic mass is 10.1. The van der Waals surface area contributed by atoms with E-state index in [4.69, 9.17) is 4.74 Å². The minimum atomic E-state index is 0.173. The highest BCUT2D eigenvalue weighted by Gasteiger charge is 2.29. The molecule has 1 fully saturated rings. The molecule has 0 bridgehead atoms. The summed E-state index contributed by atoms with van der Waals surface area (Å²) in [5.41, 5.74) is 1.01. The average Bonchev–Trinajstić information content (AvgIpc) is 2.74. The molecule has 15 heavy (non-hydrogen) atoms. The molecule has 1 heterocycles. The van der Waals surface area contributed by atoms with Crippen LogP contribution >= 0.6 is 0 Å². The number of carbonyl (C=O) groups is 1. The molecule has 0 spiro atoms. The number of ether oxygens (including phenoxy) is 1. The van der Waals surface area contributed by atoms with E-state index >= 15 is 0 Å². The van der Waals surface area contributed by atoms with Gasteiger partial charge < -0.3 is 9.64 Å². The summed E-state index contributed by atoms with van der Waals surface area (Å²) >= 11 is 0. The molecule has 1 aliphatic heterocycles. The molecule has 2 rings (SSSR count). The fourth-order valence-corrected chi connectivity index (χ4v) is 2.24. The van der Waals surface area contributed by atoms with E-state index in [-0.39, 0.29) is 18.1 Å². The van der Waals surface area contributed by atoms with Crippen molar-refractivity contribution in [2.24, 2.45) is 0 Å². The van der Waals surface area contributed by atoms with Gasteiger partial charge in [-0.3, -0.25) is 4.79 Å². The van der Waals surface area contributed by atoms with E-state index in [1.54, 1.807) is 0 Å². The van der Waals surface area contributed by atoms with Crippen LogP contribution in [0.4, 0.5) is 0 Å². The number of rotatable bonds is 1. The molecule has 1 saturated heterocycles. The number of carbonyl (C=O) groups excluding carboxylic acids is 1. The number of allylic oxidation sites excluding steroid dienone is 1. The van der Waals surface area contributed by atoms with Gasteiger partial charge >= 0.3 is 0 Å². The molecule has 2 atom stereocenters. The second kappa shape index (κ2) is 4.35. The number of hydrogen-bond donors (Lipinski definition) is 0. The van der Waals surface area contributed by atoms with Gasteiger partial charge in [0.25, 0.3) is 0 Å². The van der Waals surface area contributed by atoms with Crippen LogP contribution in [0.1, 0.15) is 33.1 Å². The monoisotopic (exact) mass is 209 g/mol. The van der Waals surface area contributed by atoms with Gasteiger partial charge in [0.15, 0.2) is 0 Å². The third kappa shape index (κ3) is 2.23. The number of amides is 1. The average molecular weight is 209 g/mol. The van der Waals surface area contributed by atoms with Gasteiger partial charge in [0, 0.05) is 12.1 Å². The summed E-state index contributed by atoms with van der Waals surface area (Å²) < 4.78 is 5.52. The van der Waals surface area contributed by atoms with Crippen LogP contribution in [0.25, 0.3) is 0 Å². The molecular formula is C12H19NO2. The van der Waals surface area contributed by atoms with E-state index in [0.717, 1.165) is 31.4 Å². The highest BCUT2D eigenvalue weighted by molar-refractivity contribution is 5.94. The van der Waals surface area contributed by atoms with Crippen molar-refractivity contribution in [3.63, 3.8) is 0 Å². The first-order chi connectivity index (χ1) is 7.18. The molecule has 0 aromatic rings. The molecule has 0 saturated carbocycles. The molecule has 1 amide bonds. The van der Waals surface area contributed by atoms with E-state index in [2.05, 4.69) is 13.0 Å². The van der Waals surface area contributed by atoms with E-state index in [0.29, 0.717) is 6.61 Å². The predicted octanol–water partition coefficient (Wildman–Crippen LogP) is 1.73. The smallest absolute Gasteiger partial charge is 0.249 e. The van der Waals surface area contributed by atoms with E-state index in [1.807, 2.05) is 11.8 Å². The van der Waals surface area contributed by atoms with Crippen LogP contribution in [0, 0.1) is 0 Å². The maximum atomic E-state index is 12.2. The SMILES string of the molecule is CC1CN(C(=O)C2=CCCC2)C(C)CO1. The molecule has 3 nitrogen and oxygen atoms in total. The Labute approximate surface area is 91.1 Å². The van der Waals surface area contributed by atoms with Crippen molar-refractivity contribution in [2.75, 3.05) is 13.2 Å². The molecule has 2 unspecified atom stereocenters. The zero-order valence-electron chi connectivity index (χ0n) is 9.53. The minimum Gasteiger partial charge on any atom is -0.375 e. The van der Waals surface area contributed by atoms with Crippen LogP contribution in [-0.2, 0) is 9.53 Å². The zero-order chi connectivity index (χ0) is 10.8. The Balaban J connectivity index is 2.04. The summed E-state index contributed by atoms with van der Waals surface area (Å²) in [5, 5.41) is 0. The lowest BCUT2D eigenvalue weighted by Crippen LogP contribution is -2.50. The standard InChI is InChI=1S/C12H19NO2/c1-9-8-15-10(2)7-13(9)12(14)11-5-3-4-6-11/h5,9-10H,3-4,6-8H2,1-2H3. The van der Waals surface area contributed by atoms with Crippen LogP contribution in [0.2, 0.25) is 0 Å². The van der Waals surface area contributed by atoms with Crippen molar-refractivity contribution in [3.8, 4) is 0 Å². The topological polar surface area (TPSA) is 29.5 Å². The summed E-state index contributed by atoms with van der Waals surface area (Å²) in [6.07, 6.45) is 5.42. The van der Waals surface area contributed by atoms with E-state index in [1.165, 1.54) is 0 Å². The highest BCUT2D eigenvalue weighted by Crippen LogP contribution is 2.22. The lowest BCUT2D eigenvalue weighted by molar-refractivity contribution is -0.139. The second-order valence-corrected chi connectivity index (χ2v) is 4.57. The number of morpholine rings is 1. The van der Waals surface area contributed by atoms with Crippen molar-refractivity contribution in [1.29, 1.82) is 0 Å². The molecule has 0 aromatic heterocycles. The molecule has 84 valence electrons. The molecule has 0 N–H and O–H groups in total. The minimum absolute atomic E-state index is 0.173. The molecule has 0 aromatic carbocycles. The van der Waals surface area contributed by atoms with Gasteiger partial charge in [0.2, 0.25) is 5.91 Å². The first kappa shape index (κ1) is 10.7. The Kier molecular flexibility index (Phi) is 3.10. The van der Waals surface area contributed by atoms with Gasteiger partial charge in [0.05, 0.1) is 18.8 Å². The van der Waals surface area contributed by atoms with Crippen molar-refractivity contribution in [1.82, 2.24) is 4.90 Å². The normalized spacial score (nSPS) is 31.6. The molecule has 1 aliphatic carbocycles. The van der Waals surface area contributed by atoms with Crippen molar-refractivity contribution in [2.45, 2.75) is 45.3 Å². The maximum Gasteiger partial charge on any atom is 0.249 e. The fraction of sp³-hybridized carbons (Fsp3) is 0.750. The number of hydrogen-bond acceptors (Lipinski definition) is 2. The van der Waals surface area contributed by atoms with Crippen molar-refractivity contribution >= 4 is 5.91 Å². The first-order valence-corrected chi connectivity index (χ1v) is 5.80. The molecule has 3 heteroatoms. The van der Waals surface area contributed by atoms with Gasteiger partial charge in [-0.1, -0.05) is 6.08 Å². The Morgan fingerprint density at radius 2 is 2.33 bits per heavy atom. The number of nitrogens with zero attached hydrogens (tertiary/aromatic N) is 1. The summed E-state index contributed by atoms with van der Waals surface area (Å²) in [7, 11) is 0. The van der Waals surface area contributed by atoms with Crippen LogP contribution in [-0.4, -0.2) is 36.1 Å². The van der Waals surface area contributed by atoms with Crippen LogP contribution < -0.4 is 0 Å². The van der Waals surface area contributed by atoms with Crippen LogP contribution in [0.15, 0.2) is 11.6 Å². The second-order valence-electron chi connectivity index (χ2n) is 4.57. The summed E-state index contributed by atoms with van der Waals surface area (Å²) in [4.78, 5) is 14.1. The fourth-order valence-electron chi connectivity index (χ4n) is 2.24. The van der Waals surface area contributed by atoms with Gasteiger partial charge in [-0.25, -0.2) is 0 Å². The Morgan fingerprint density at radius 1 is 1.53 bits per heavy atom. The van der Waals surface area contributed by atoms with Gasteiger partial charge in [-0.2, -0.15) is 0 Å². The van der Waals surface area contributed by atoms with Crippen molar-refractivity contribution < 1.29 is 9.53 Å². The molecule has 2 aliphatic rings. The molecule has 0 radical (unpaired) electrons. The summed E-state index contributed by atoms with van der Waals surface area (Å²) in [6.45, 7) is 5.48. The van der Waals surface area contributed by atoms with Gasteiger partial charge in [0.1, 0.15) is 0 Å². The quantitative estimate of drug-likeness (QED) is 0.658. The van der Waals surface area contributed by atoms with Crippen molar-refractivity contribution in [3.05, 3.63) is 11.6 Å². The Morgan fingerprint density at radius 3 is 3.00 bits per heavy atom. The lowest BCUT2D eigenvalue weighted by Gasteiger charge is -2.37. The largest absolute Gasteiger partial charge is 0.375 e. The summed E-state index contributed by atoms with van der Waals surface area (Å²) in [6, 6.07) is 0.218. The third-order valence-corrected chi connectivity index (χ3v) is 3.18. The van der Waals surface area contributed by atoms with Gasteiger partial charge in [-0.05, 0) is 33.1 Å². The first-order valence-electron chi connectivity index (χ1n) is 5.80. The van der Waals surface area contributed by atoms with Crippen LogP contribution in [0.3, 0.4) is 0 Å². The Hall–Kier alpha value is -0.830. The van der Waals surface area contributed by atoms with Gasteiger partial charge in [-0.15, -0.1) is 0 Å². The van der Waals surface area contributed by atoms with E-state index in [9.17, 15) is 4.79 Å². The third-order valence-electron chi connectivity index (χ3n) is 3.18.